The molecule has 0 aliphatic rings. The molecule has 0 saturated carbocycles. The third-order valence-corrected chi connectivity index (χ3v) is 3.05. The van der Waals surface area contributed by atoms with Gasteiger partial charge in [-0.05, 0) is 11.5 Å². The SMILES string of the molecule is CC(C)(CC(=O)O)CC(=O)c1c[nH]c2ccncc12. The van der Waals surface area contributed by atoms with Gasteiger partial charge in [0.1, 0.15) is 0 Å². The summed E-state index contributed by atoms with van der Waals surface area (Å²) in [5.74, 6) is -0.955. The molecule has 19 heavy (non-hydrogen) atoms. The lowest BCUT2D eigenvalue weighted by Crippen LogP contribution is -2.21. The maximum absolute atomic E-state index is 12.3. The highest BCUT2D eigenvalue weighted by molar-refractivity contribution is 6.07. The van der Waals surface area contributed by atoms with Gasteiger partial charge in [0.15, 0.2) is 5.78 Å². The maximum atomic E-state index is 12.3. The van der Waals surface area contributed by atoms with Crippen LogP contribution >= 0.6 is 0 Å². The Morgan fingerprint density at radius 3 is 2.79 bits per heavy atom. The number of hydrogen-bond donors (Lipinski definition) is 2. The first-order valence-electron chi connectivity index (χ1n) is 6.05. The Morgan fingerprint density at radius 1 is 1.37 bits per heavy atom. The van der Waals surface area contributed by atoms with Gasteiger partial charge >= 0.3 is 5.97 Å². The van der Waals surface area contributed by atoms with Gasteiger partial charge in [-0.3, -0.25) is 14.6 Å². The Hall–Kier alpha value is -2.17. The fraction of sp³-hybridized carbons (Fsp3) is 0.357. The molecule has 0 bridgehead atoms. The molecule has 5 nitrogen and oxygen atoms in total. The number of carbonyl (C=O) groups is 2. The van der Waals surface area contributed by atoms with E-state index < -0.39 is 11.4 Å². The summed E-state index contributed by atoms with van der Waals surface area (Å²) >= 11 is 0. The van der Waals surface area contributed by atoms with E-state index in [2.05, 4.69) is 9.97 Å². The number of Topliss-reactive ketones (excluding diaryl/α,β-unsaturated/α-hetero) is 1. The van der Waals surface area contributed by atoms with Gasteiger partial charge in [-0.1, -0.05) is 13.8 Å². The highest BCUT2D eigenvalue weighted by atomic mass is 16.4. The van der Waals surface area contributed by atoms with Crippen molar-refractivity contribution in [1.29, 1.82) is 0 Å². The highest BCUT2D eigenvalue weighted by Gasteiger charge is 2.26. The van der Waals surface area contributed by atoms with E-state index in [9.17, 15) is 9.59 Å². The zero-order valence-electron chi connectivity index (χ0n) is 10.9. The average Bonchev–Trinajstić information content (AvgIpc) is 2.69. The number of carboxylic acids is 1. The van der Waals surface area contributed by atoms with Crippen LogP contribution in [0.4, 0.5) is 0 Å². The van der Waals surface area contributed by atoms with Crippen molar-refractivity contribution in [2.45, 2.75) is 26.7 Å². The Labute approximate surface area is 110 Å². The average molecular weight is 260 g/mol. The van der Waals surface area contributed by atoms with E-state index in [0.717, 1.165) is 10.9 Å². The molecule has 0 radical (unpaired) electrons. The molecule has 0 aliphatic carbocycles. The largest absolute Gasteiger partial charge is 0.481 e. The van der Waals surface area contributed by atoms with Gasteiger partial charge in [-0.15, -0.1) is 0 Å². The summed E-state index contributed by atoms with van der Waals surface area (Å²) in [6.07, 6.45) is 5.12. The topological polar surface area (TPSA) is 83.0 Å². The van der Waals surface area contributed by atoms with Crippen LogP contribution in [0.1, 0.15) is 37.0 Å². The monoisotopic (exact) mass is 260 g/mol. The van der Waals surface area contributed by atoms with Crippen molar-refractivity contribution in [3.8, 4) is 0 Å². The lowest BCUT2D eigenvalue weighted by atomic mass is 9.82. The molecule has 0 aliphatic heterocycles. The van der Waals surface area contributed by atoms with Gasteiger partial charge in [-0.2, -0.15) is 0 Å². The van der Waals surface area contributed by atoms with Crippen molar-refractivity contribution in [2.75, 3.05) is 0 Å². The number of fused-ring (bicyclic) bond motifs is 1. The highest BCUT2D eigenvalue weighted by Crippen LogP contribution is 2.28. The first kappa shape index (κ1) is 13.3. The first-order valence-corrected chi connectivity index (χ1v) is 6.05. The van der Waals surface area contributed by atoms with Crippen molar-refractivity contribution in [3.63, 3.8) is 0 Å². The van der Waals surface area contributed by atoms with Gasteiger partial charge in [0.25, 0.3) is 0 Å². The zero-order chi connectivity index (χ0) is 14.0. The first-order chi connectivity index (χ1) is 8.89. The van der Waals surface area contributed by atoms with Crippen LogP contribution in [0.3, 0.4) is 0 Å². The Balaban J connectivity index is 2.23. The summed E-state index contributed by atoms with van der Waals surface area (Å²) in [6, 6.07) is 1.80. The van der Waals surface area contributed by atoms with Crippen LogP contribution in [0.15, 0.2) is 24.7 Å². The standard InChI is InChI=1S/C14H16N2O3/c1-14(2,6-13(18)19)5-12(17)10-8-16-11-3-4-15-7-9(10)11/h3-4,7-8,16H,5-6H2,1-2H3,(H,18,19). The van der Waals surface area contributed by atoms with Crippen molar-refractivity contribution < 1.29 is 14.7 Å². The molecule has 100 valence electrons. The fourth-order valence-corrected chi connectivity index (χ4v) is 2.20. The Morgan fingerprint density at radius 2 is 2.11 bits per heavy atom. The third-order valence-electron chi connectivity index (χ3n) is 3.05. The number of nitrogens with zero attached hydrogens (tertiary/aromatic N) is 1. The van der Waals surface area contributed by atoms with Crippen LogP contribution in [0.5, 0.6) is 0 Å². The third kappa shape index (κ3) is 2.99. The number of hydrogen-bond acceptors (Lipinski definition) is 3. The normalized spacial score (nSPS) is 11.7. The summed E-state index contributed by atoms with van der Waals surface area (Å²) in [6.45, 7) is 3.57. The van der Waals surface area contributed by atoms with E-state index in [1.165, 1.54) is 0 Å². The fourth-order valence-electron chi connectivity index (χ4n) is 2.20. The molecule has 0 saturated heterocycles. The predicted molar refractivity (Wildman–Crippen MR) is 71.1 cm³/mol. The summed E-state index contributed by atoms with van der Waals surface area (Å²) in [5, 5.41) is 9.61. The van der Waals surface area contributed by atoms with Gasteiger partial charge < -0.3 is 10.1 Å². The van der Waals surface area contributed by atoms with Crippen LogP contribution in [0.25, 0.3) is 10.9 Å². The number of nitrogens with one attached hydrogen (secondary N) is 1. The van der Waals surface area contributed by atoms with E-state index >= 15 is 0 Å². The van der Waals surface area contributed by atoms with Crippen molar-refractivity contribution in [2.24, 2.45) is 5.41 Å². The molecule has 2 N–H and O–H groups in total. The van der Waals surface area contributed by atoms with E-state index in [1.54, 1.807) is 38.5 Å². The molecule has 2 aromatic rings. The molecule has 2 aromatic heterocycles. The molecule has 2 heterocycles. The minimum atomic E-state index is -0.890. The van der Waals surface area contributed by atoms with Crippen LogP contribution in [0, 0.1) is 5.41 Å². The molecule has 0 atom stereocenters. The van der Waals surface area contributed by atoms with Crippen LogP contribution in [0.2, 0.25) is 0 Å². The van der Waals surface area contributed by atoms with E-state index in [0.29, 0.717) is 5.56 Å². The van der Waals surface area contributed by atoms with Crippen molar-refractivity contribution in [3.05, 3.63) is 30.2 Å². The quantitative estimate of drug-likeness (QED) is 0.809. The Kier molecular flexibility index (Phi) is 3.38. The predicted octanol–water partition coefficient (Wildman–Crippen LogP) is 2.64. The molecule has 2 rings (SSSR count). The maximum Gasteiger partial charge on any atom is 0.303 e. The van der Waals surface area contributed by atoms with Crippen molar-refractivity contribution in [1.82, 2.24) is 9.97 Å². The number of pyridine rings is 1. The molecule has 0 fully saturated rings. The zero-order valence-corrected chi connectivity index (χ0v) is 10.9. The molecular formula is C14H16N2O3. The number of rotatable bonds is 5. The van der Waals surface area contributed by atoms with E-state index in [-0.39, 0.29) is 18.6 Å². The number of aliphatic carboxylic acids is 1. The number of carbonyl (C=O) groups excluding carboxylic acids is 1. The second-order valence-electron chi connectivity index (χ2n) is 5.46. The van der Waals surface area contributed by atoms with E-state index in [1.807, 2.05) is 0 Å². The second kappa shape index (κ2) is 4.84. The number of H-pyrrole nitrogens is 1. The van der Waals surface area contributed by atoms with Crippen LogP contribution < -0.4 is 0 Å². The summed E-state index contributed by atoms with van der Waals surface area (Å²) in [7, 11) is 0. The summed E-state index contributed by atoms with van der Waals surface area (Å²) in [4.78, 5) is 30.1. The van der Waals surface area contributed by atoms with Gasteiger partial charge in [0.2, 0.25) is 0 Å². The Bertz CT molecular complexity index is 628. The lowest BCUT2D eigenvalue weighted by molar-refractivity contribution is -0.139. The molecule has 0 aromatic carbocycles. The second-order valence-corrected chi connectivity index (χ2v) is 5.46. The molecule has 0 spiro atoms. The summed E-state index contributed by atoms with van der Waals surface area (Å²) in [5.41, 5.74) is 0.866. The molecule has 5 heteroatoms. The van der Waals surface area contributed by atoms with Gasteiger partial charge in [0.05, 0.1) is 6.42 Å². The van der Waals surface area contributed by atoms with E-state index in [4.69, 9.17) is 5.11 Å². The van der Waals surface area contributed by atoms with Gasteiger partial charge in [-0.25, -0.2) is 0 Å². The number of aromatic nitrogens is 2. The number of aromatic amines is 1. The van der Waals surface area contributed by atoms with Crippen molar-refractivity contribution >= 4 is 22.7 Å². The number of ketones is 1. The minimum Gasteiger partial charge on any atom is -0.481 e. The molecule has 0 unspecified atom stereocenters. The molecule has 0 amide bonds. The van der Waals surface area contributed by atoms with Crippen LogP contribution in [-0.4, -0.2) is 26.8 Å². The smallest absolute Gasteiger partial charge is 0.303 e. The molecular weight excluding hydrogens is 244 g/mol. The minimum absolute atomic E-state index is 0.0284. The lowest BCUT2D eigenvalue weighted by Gasteiger charge is -2.20. The number of carboxylic acid groups (broad SMARTS) is 1. The summed E-state index contributed by atoms with van der Waals surface area (Å²) < 4.78 is 0. The van der Waals surface area contributed by atoms with Gasteiger partial charge in [0, 0.05) is 41.5 Å². The van der Waals surface area contributed by atoms with Crippen LogP contribution in [-0.2, 0) is 4.79 Å².